The molecule has 1 aromatic heterocycles. The molecule has 0 radical (unpaired) electrons. The Bertz CT molecular complexity index is 604. The van der Waals surface area contributed by atoms with Gasteiger partial charge in [0.05, 0.1) is 17.4 Å². The fourth-order valence-electron chi connectivity index (χ4n) is 2.81. The molecule has 1 aromatic carbocycles. The minimum absolute atomic E-state index is 0.135. The predicted octanol–water partition coefficient (Wildman–Crippen LogP) is 2.82. The number of aromatic amines is 1. The Balaban J connectivity index is 1.89. The number of imidazole rings is 1. The van der Waals surface area contributed by atoms with Crippen LogP contribution in [0, 0.1) is 5.92 Å². The first kappa shape index (κ1) is 12.2. The van der Waals surface area contributed by atoms with E-state index in [9.17, 15) is 4.79 Å². The summed E-state index contributed by atoms with van der Waals surface area (Å²) >= 11 is 0. The topological polar surface area (TPSA) is 49.0 Å². The van der Waals surface area contributed by atoms with Crippen LogP contribution < -0.4 is 0 Å². The number of aromatic nitrogens is 2. The van der Waals surface area contributed by atoms with Gasteiger partial charge in [0.1, 0.15) is 0 Å². The van der Waals surface area contributed by atoms with E-state index >= 15 is 0 Å². The molecule has 0 bridgehead atoms. The van der Waals surface area contributed by atoms with Crippen LogP contribution in [-0.4, -0.2) is 33.4 Å². The molecule has 100 valence electrons. The van der Waals surface area contributed by atoms with Gasteiger partial charge in [0.25, 0.3) is 5.91 Å². The first-order valence-electron chi connectivity index (χ1n) is 6.89. The van der Waals surface area contributed by atoms with Crippen LogP contribution in [0.2, 0.25) is 0 Å². The summed E-state index contributed by atoms with van der Waals surface area (Å²) in [5, 5.41) is 0. The van der Waals surface area contributed by atoms with Crippen LogP contribution in [0.1, 0.15) is 37.0 Å². The lowest BCUT2D eigenvalue weighted by Gasteiger charge is -2.36. The Kier molecular flexibility index (Phi) is 3.01. The van der Waals surface area contributed by atoms with Gasteiger partial charge in [-0.05, 0) is 43.9 Å². The molecule has 1 aliphatic rings. The Morgan fingerprint density at radius 2 is 2.21 bits per heavy atom. The summed E-state index contributed by atoms with van der Waals surface area (Å²) in [6, 6.07) is 6.01. The second kappa shape index (κ2) is 4.68. The molecular weight excluding hydrogens is 238 g/mol. The van der Waals surface area contributed by atoms with Gasteiger partial charge < -0.3 is 9.88 Å². The Morgan fingerprint density at radius 1 is 1.37 bits per heavy atom. The summed E-state index contributed by atoms with van der Waals surface area (Å²) < 4.78 is 0. The van der Waals surface area contributed by atoms with Crippen LogP contribution in [0.4, 0.5) is 0 Å². The number of nitrogens with zero attached hydrogens (tertiary/aromatic N) is 2. The molecule has 0 saturated carbocycles. The van der Waals surface area contributed by atoms with E-state index in [0.29, 0.717) is 12.0 Å². The van der Waals surface area contributed by atoms with Crippen molar-refractivity contribution < 1.29 is 4.79 Å². The average molecular weight is 257 g/mol. The Hall–Kier alpha value is -1.84. The molecule has 4 heteroatoms. The van der Waals surface area contributed by atoms with Crippen LogP contribution in [-0.2, 0) is 0 Å². The second-order valence-electron chi connectivity index (χ2n) is 5.62. The van der Waals surface area contributed by atoms with Crippen molar-refractivity contribution in [1.29, 1.82) is 0 Å². The van der Waals surface area contributed by atoms with Gasteiger partial charge in [0.15, 0.2) is 0 Å². The van der Waals surface area contributed by atoms with Crippen LogP contribution in [0.15, 0.2) is 24.5 Å². The third-order valence-corrected chi connectivity index (χ3v) is 4.05. The van der Waals surface area contributed by atoms with Crippen molar-refractivity contribution in [2.24, 2.45) is 5.92 Å². The zero-order chi connectivity index (χ0) is 13.4. The minimum Gasteiger partial charge on any atom is -0.345 e. The van der Waals surface area contributed by atoms with Gasteiger partial charge in [-0.1, -0.05) is 6.92 Å². The maximum Gasteiger partial charge on any atom is 0.254 e. The van der Waals surface area contributed by atoms with Crippen molar-refractivity contribution in [2.75, 3.05) is 6.54 Å². The number of hydrogen-bond acceptors (Lipinski definition) is 2. The highest BCUT2D eigenvalue weighted by Gasteiger charge is 2.27. The van der Waals surface area contributed by atoms with Crippen LogP contribution >= 0.6 is 0 Å². The first-order valence-corrected chi connectivity index (χ1v) is 6.89. The molecular formula is C15H19N3O. The van der Waals surface area contributed by atoms with Gasteiger partial charge >= 0.3 is 0 Å². The van der Waals surface area contributed by atoms with E-state index in [2.05, 4.69) is 23.8 Å². The zero-order valence-corrected chi connectivity index (χ0v) is 11.4. The van der Waals surface area contributed by atoms with Crippen molar-refractivity contribution in [3.05, 3.63) is 30.1 Å². The lowest BCUT2D eigenvalue weighted by atomic mass is 9.94. The van der Waals surface area contributed by atoms with Crippen molar-refractivity contribution in [3.8, 4) is 0 Å². The quantitative estimate of drug-likeness (QED) is 0.854. The molecule has 2 aromatic rings. The molecule has 19 heavy (non-hydrogen) atoms. The van der Waals surface area contributed by atoms with Gasteiger partial charge in [-0.15, -0.1) is 0 Å². The first-order chi connectivity index (χ1) is 9.15. The molecule has 3 rings (SSSR count). The lowest BCUT2D eigenvalue weighted by molar-refractivity contribution is 0.0574. The van der Waals surface area contributed by atoms with Crippen LogP contribution in [0.3, 0.4) is 0 Å². The number of nitrogens with one attached hydrogen (secondary N) is 1. The minimum atomic E-state index is 0.135. The highest BCUT2D eigenvalue weighted by molar-refractivity contribution is 5.97. The standard InChI is InChI=1S/C15H19N3O/c1-10-3-4-11(2)18(8-10)15(19)12-5-6-13-14(7-12)17-9-16-13/h5-7,9-11H,3-4,8H2,1-2H3,(H,16,17). The summed E-state index contributed by atoms with van der Waals surface area (Å²) in [5.74, 6) is 0.728. The molecule has 2 atom stereocenters. The van der Waals surface area contributed by atoms with Gasteiger partial charge in [-0.25, -0.2) is 4.98 Å². The fourth-order valence-corrected chi connectivity index (χ4v) is 2.81. The number of benzene rings is 1. The average Bonchev–Trinajstić information content (AvgIpc) is 2.88. The largest absolute Gasteiger partial charge is 0.345 e. The third kappa shape index (κ3) is 2.23. The maximum absolute atomic E-state index is 12.6. The molecule has 1 amide bonds. The second-order valence-corrected chi connectivity index (χ2v) is 5.62. The Labute approximate surface area is 112 Å². The van der Waals surface area contributed by atoms with Crippen molar-refractivity contribution >= 4 is 16.9 Å². The van der Waals surface area contributed by atoms with E-state index in [-0.39, 0.29) is 5.91 Å². The summed E-state index contributed by atoms with van der Waals surface area (Å²) in [5.41, 5.74) is 2.57. The monoisotopic (exact) mass is 257 g/mol. The lowest BCUT2D eigenvalue weighted by Crippen LogP contribution is -2.44. The summed E-state index contributed by atoms with van der Waals surface area (Å²) in [6.45, 7) is 5.21. The number of H-pyrrole nitrogens is 1. The number of carbonyl (C=O) groups is 1. The zero-order valence-electron chi connectivity index (χ0n) is 11.4. The van der Waals surface area contributed by atoms with E-state index in [0.717, 1.165) is 29.6 Å². The molecule has 1 aliphatic heterocycles. The predicted molar refractivity (Wildman–Crippen MR) is 75.0 cm³/mol. The van der Waals surface area contributed by atoms with E-state index in [1.165, 1.54) is 6.42 Å². The summed E-state index contributed by atoms with van der Waals surface area (Å²) in [6.07, 6.45) is 3.97. The highest BCUT2D eigenvalue weighted by Crippen LogP contribution is 2.24. The molecule has 1 fully saturated rings. The number of fused-ring (bicyclic) bond motifs is 1. The van der Waals surface area contributed by atoms with Crippen molar-refractivity contribution in [2.45, 2.75) is 32.7 Å². The van der Waals surface area contributed by atoms with Crippen LogP contribution in [0.5, 0.6) is 0 Å². The van der Waals surface area contributed by atoms with Crippen molar-refractivity contribution in [1.82, 2.24) is 14.9 Å². The molecule has 4 nitrogen and oxygen atoms in total. The molecule has 2 unspecified atom stereocenters. The third-order valence-electron chi connectivity index (χ3n) is 4.05. The van der Waals surface area contributed by atoms with Gasteiger partial charge in [0.2, 0.25) is 0 Å². The summed E-state index contributed by atoms with van der Waals surface area (Å²) in [7, 11) is 0. The van der Waals surface area contributed by atoms with Gasteiger partial charge in [-0.3, -0.25) is 4.79 Å². The Morgan fingerprint density at radius 3 is 3.05 bits per heavy atom. The summed E-state index contributed by atoms with van der Waals surface area (Å²) in [4.78, 5) is 21.9. The number of rotatable bonds is 1. The molecule has 2 heterocycles. The molecule has 0 spiro atoms. The number of carbonyl (C=O) groups excluding carboxylic acids is 1. The van der Waals surface area contributed by atoms with Gasteiger partial charge in [-0.2, -0.15) is 0 Å². The number of likely N-dealkylation sites (tertiary alicyclic amines) is 1. The van der Waals surface area contributed by atoms with Gasteiger partial charge in [0, 0.05) is 18.2 Å². The normalized spacial score (nSPS) is 23.8. The molecule has 1 N–H and O–H groups in total. The van der Waals surface area contributed by atoms with E-state index in [1.54, 1.807) is 6.33 Å². The highest BCUT2D eigenvalue weighted by atomic mass is 16.2. The van der Waals surface area contributed by atoms with E-state index < -0.39 is 0 Å². The number of hydrogen-bond donors (Lipinski definition) is 1. The SMILES string of the molecule is CC1CCC(C)N(C(=O)c2ccc3nc[nH]c3c2)C1. The van der Waals surface area contributed by atoms with E-state index in [1.807, 2.05) is 23.1 Å². The number of piperidine rings is 1. The van der Waals surface area contributed by atoms with E-state index in [4.69, 9.17) is 0 Å². The smallest absolute Gasteiger partial charge is 0.254 e. The fraction of sp³-hybridized carbons (Fsp3) is 0.467. The maximum atomic E-state index is 12.6. The molecule has 0 aliphatic carbocycles. The molecule has 1 saturated heterocycles. The van der Waals surface area contributed by atoms with Crippen molar-refractivity contribution in [3.63, 3.8) is 0 Å². The number of amides is 1. The van der Waals surface area contributed by atoms with Crippen LogP contribution in [0.25, 0.3) is 11.0 Å².